The number of aromatic hydroxyl groups is 1. The second-order valence-corrected chi connectivity index (χ2v) is 8.41. The van der Waals surface area contributed by atoms with Crippen molar-refractivity contribution in [2.75, 3.05) is 5.32 Å². The van der Waals surface area contributed by atoms with Gasteiger partial charge in [-0.25, -0.2) is 0 Å². The van der Waals surface area contributed by atoms with Gasteiger partial charge in [0.05, 0.1) is 4.91 Å². The van der Waals surface area contributed by atoms with Crippen LogP contribution in [0.3, 0.4) is 0 Å². The number of thiocarbonyl (C=S) groups is 1. The number of phenolic OH excluding ortho intramolecular Hbond substituents is 1. The number of rotatable bonds is 4. The maximum atomic E-state index is 12.8. The molecule has 2 amide bonds. The lowest BCUT2D eigenvalue weighted by atomic mass is 10.2. The van der Waals surface area contributed by atoms with E-state index in [1.165, 1.54) is 28.8 Å². The Balaban J connectivity index is 1.74. The van der Waals surface area contributed by atoms with Crippen LogP contribution in [0.2, 0.25) is 0 Å². The van der Waals surface area contributed by atoms with Crippen LogP contribution < -0.4 is 5.32 Å². The van der Waals surface area contributed by atoms with Crippen molar-refractivity contribution in [3.8, 4) is 5.75 Å². The molecule has 1 aliphatic rings. The van der Waals surface area contributed by atoms with Crippen molar-refractivity contribution in [1.82, 2.24) is 4.90 Å². The van der Waals surface area contributed by atoms with E-state index in [2.05, 4.69) is 21.2 Å². The maximum Gasteiger partial charge on any atom is 0.266 e. The van der Waals surface area contributed by atoms with Crippen LogP contribution in [0, 0.1) is 0 Å². The molecule has 2 aromatic carbocycles. The van der Waals surface area contributed by atoms with E-state index in [4.69, 9.17) is 12.2 Å². The summed E-state index contributed by atoms with van der Waals surface area (Å²) < 4.78 is 1.29. The van der Waals surface area contributed by atoms with Crippen molar-refractivity contribution in [1.29, 1.82) is 0 Å². The largest absolute Gasteiger partial charge is 0.508 e. The fraction of sp³-hybridized carbons (Fsp3) is 0.105. The summed E-state index contributed by atoms with van der Waals surface area (Å²) in [5.74, 6) is -0.542. The third-order valence-electron chi connectivity index (χ3n) is 3.89. The summed E-state index contributed by atoms with van der Waals surface area (Å²) >= 11 is 9.87. The molecule has 0 bridgehead atoms. The van der Waals surface area contributed by atoms with Gasteiger partial charge in [-0.2, -0.15) is 0 Å². The number of halogens is 1. The monoisotopic (exact) mass is 462 g/mol. The molecule has 0 saturated carbocycles. The molecule has 0 aromatic heterocycles. The van der Waals surface area contributed by atoms with Crippen LogP contribution in [0.4, 0.5) is 5.69 Å². The van der Waals surface area contributed by atoms with Gasteiger partial charge in [0.2, 0.25) is 5.91 Å². The number of nitrogens with zero attached hydrogens (tertiary/aromatic N) is 1. The molecule has 1 atom stereocenters. The Morgan fingerprint density at radius 1 is 1.22 bits per heavy atom. The van der Waals surface area contributed by atoms with E-state index in [9.17, 15) is 14.7 Å². The number of thioether (sulfide) groups is 1. The molecule has 1 saturated heterocycles. The summed E-state index contributed by atoms with van der Waals surface area (Å²) in [6.07, 6.45) is 1.76. The molecule has 1 aliphatic heterocycles. The third-order valence-corrected chi connectivity index (χ3v) is 5.75. The Labute approximate surface area is 174 Å². The molecule has 0 radical (unpaired) electrons. The normalized spacial score (nSPS) is 16.7. The summed E-state index contributed by atoms with van der Waals surface area (Å²) in [6.45, 7) is 1.63. The van der Waals surface area contributed by atoms with Gasteiger partial charge in [0.25, 0.3) is 5.91 Å². The Kier molecular flexibility index (Phi) is 5.98. The van der Waals surface area contributed by atoms with Crippen molar-refractivity contribution in [3.05, 3.63) is 63.5 Å². The minimum absolute atomic E-state index is 0.107. The average molecular weight is 463 g/mol. The molecule has 1 heterocycles. The molecule has 8 heteroatoms. The highest BCUT2D eigenvalue weighted by Gasteiger charge is 2.38. The summed E-state index contributed by atoms with van der Waals surface area (Å²) in [5, 5.41) is 12.0. The molecule has 0 spiro atoms. The maximum absolute atomic E-state index is 12.8. The van der Waals surface area contributed by atoms with E-state index in [0.29, 0.717) is 14.9 Å². The molecule has 0 aliphatic carbocycles. The molecular formula is C19H15BrN2O3S2. The molecule has 1 unspecified atom stereocenters. The van der Waals surface area contributed by atoms with Gasteiger partial charge in [-0.05, 0) is 55.0 Å². The van der Waals surface area contributed by atoms with E-state index < -0.39 is 6.04 Å². The minimum atomic E-state index is -0.762. The molecule has 2 aromatic rings. The van der Waals surface area contributed by atoms with Crippen LogP contribution >= 0.6 is 39.9 Å². The topological polar surface area (TPSA) is 69.6 Å². The van der Waals surface area contributed by atoms with Gasteiger partial charge in [-0.3, -0.25) is 14.5 Å². The number of phenols is 1. The summed E-state index contributed by atoms with van der Waals surface area (Å²) in [5.41, 5.74) is 1.40. The van der Waals surface area contributed by atoms with Crippen molar-refractivity contribution in [2.24, 2.45) is 0 Å². The van der Waals surface area contributed by atoms with E-state index in [1.54, 1.807) is 25.1 Å². The van der Waals surface area contributed by atoms with E-state index in [-0.39, 0.29) is 17.6 Å². The summed E-state index contributed by atoms with van der Waals surface area (Å²) in [7, 11) is 0. The smallest absolute Gasteiger partial charge is 0.266 e. The number of carbonyl (C=O) groups excluding carboxylic acids is 2. The highest BCUT2D eigenvalue weighted by Crippen LogP contribution is 2.34. The Bertz CT molecular complexity index is 927. The van der Waals surface area contributed by atoms with Crippen LogP contribution in [-0.4, -0.2) is 32.2 Å². The second kappa shape index (κ2) is 8.24. The van der Waals surface area contributed by atoms with Gasteiger partial charge in [0, 0.05) is 10.2 Å². The molecule has 27 heavy (non-hydrogen) atoms. The number of nitrogens with one attached hydrogen (secondary N) is 1. The SMILES string of the molecule is CC(C(=O)Nc1ccc(O)cc1)N1C(=O)/C(=C/c2ccc(Br)cc2)SC1=S. The molecular weight excluding hydrogens is 448 g/mol. The highest BCUT2D eigenvalue weighted by molar-refractivity contribution is 9.10. The predicted molar refractivity (Wildman–Crippen MR) is 115 cm³/mol. The zero-order chi connectivity index (χ0) is 19.6. The number of carbonyl (C=O) groups is 2. The average Bonchev–Trinajstić information content (AvgIpc) is 2.91. The van der Waals surface area contributed by atoms with Crippen LogP contribution in [-0.2, 0) is 9.59 Å². The van der Waals surface area contributed by atoms with Gasteiger partial charge >= 0.3 is 0 Å². The standard InChI is InChI=1S/C19H15BrN2O3S2/c1-11(17(24)21-14-6-8-15(23)9-7-14)22-18(25)16(27-19(22)26)10-12-2-4-13(20)5-3-12/h2-11,23H,1H3,(H,21,24)/b16-10-. The zero-order valence-corrected chi connectivity index (χ0v) is 17.4. The Morgan fingerprint density at radius 2 is 1.85 bits per heavy atom. The van der Waals surface area contributed by atoms with Gasteiger partial charge in [0.15, 0.2) is 0 Å². The van der Waals surface area contributed by atoms with Crippen LogP contribution in [0.1, 0.15) is 12.5 Å². The van der Waals surface area contributed by atoms with Gasteiger partial charge in [0.1, 0.15) is 16.1 Å². The fourth-order valence-corrected chi connectivity index (χ4v) is 4.12. The zero-order valence-electron chi connectivity index (χ0n) is 14.2. The molecule has 2 N–H and O–H groups in total. The minimum Gasteiger partial charge on any atom is -0.508 e. The Hall–Kier alpha value is -2.16. The van der Waals surface area contributed by atoms with E-state index in [0.717, 1.165) is 10.0 Å². The first-order chi connectivity index (χ1) is 12.8. The third kappa shape index (κ3) is 4.58. The van der Waals surface area contributed by atoms with Crippen molar-refractivity contribution >= 4 is 67.8 Å². The number of hydrogen-bond donors (Lipinski definition) is 2. The van der Waals surface area contributed by atoms with Crippen LogP contribution in [0.15, 0.2) is 57.9 Å². The van der Waals surface area contributed by atoms with Gasteiger partial charge in [-0.1, -0.05) is 52.0 Å². The number of benzene rings is 2. The van der Waals surface area contributed by atoms with Crippen molar-refractivity contribution < 1.29 is 14.7 Å². The predicted octanol–water partition coefficient (Wildman–Crippen LogP) is 4.38. The molecule has 5 nitrogen and oxygen atoms in total. The number of hydrogen-bond acceptors (Lipinski definition) is 5. The van der Waals surface area contributed by atoms with Crippen molar-refractivity contribution in [2.45, 2.75) is 13.0 Å². The quantitative estimate of drug-likeness (QED) is 0.400. The first-order valence-corrected chi connectivity index (χ1v) is 9.99. The number of amides is 2. The lowest BCUT2D eigenvalue weighted by molar-refractivity contribution is -0.129. The first kappa shape index (κ1) is 19.6. The van der Waals surface area contributed by atoms with E-state index >= 15 is 0 Å². The molecule has 138 valence electrons. The van der Waals surface area contributed by atoms with Gasteiger partial charge < -0.3 is 10.4 Å². The number of anilines is 1. The van der Waals surface area contributed by atoms with E-state index in [1.807, 2.05) is 24.3 Å². The lowest BCUT2D eigenvalue weighted by Crippen LogP contribution is -2.44. The second-order valence-electron chi connectivity index (χ2n) is 5.82. The summed E-state index contributed by atoms with van der Waals surface area (Å²) in [6, 6.07) is 12.9. The summed E-state index contributed by atoms with van der Waals surface area (Å²) in [4.78, 5) is 27.1. The lowest BCUT2D eigenvalue weighted by Gasteiger charge is -2.22. The fourth-order valence-electron chi connectivity index (χ4n) is 2.43. The molecule has 1 fully saturated rings. The molecule has 3 rings (SSSR count). The van der Waals surface area contributed by atoms with Crippen LogP contribution in [0.25, 0.3) is 6.08 Å². The Morgan fingerprint density at radius 3 is 2.48 bits per heavy atom. The van der Waals surface area contributed by atoms with Crippen molar-refractivity contribution in [3.63, 3.8) is 0 Å². The van der Waals surface area contributed by atoms with Gasteiger partial charge in [-0.15, -0.1) is 0 Å². The highest BCUT2D eigenvalue weighted by atomic mass is 79.9. The van der Waals surface area contributed by atoms with Crippen LogP contribution in [0.5, 0.6) is 5.75 Å². The first-order valence-electron chi connectivity index (χ1n) is 7.97.